The van der Waals surface area contributed by atoms with E-state index in [2.05, 4.69) is 0 Å². The van der Waals surface area contributed by atoms with E-state index >= 15 is 0 Å². The zero-order valence-electron chi connectivity index (χ0n) is 9.71. The normalized spacial score (nSPS) is 10.4. The smallest absolute Gasteiger partial charge is 0.131 e. The third-order valence-electron chi connectivity index (χ3n) is 2.57. The predicted octanol–water partition coefficient (Wildman–Crippen LogP) is 5.02. The molecule has 4 heteroatoms. The third-order valence-corrected chi connectivity index (χ3v) is 3.35. The van der Waals surface area contributed by atoms with Crippen molar-refractivity contribution in [3.05, 3.63) is 63.4 Å². The van der Waals surface area contributed by atoms with Gasteiger partial charge in [0.2, 0.25) is 0 Å². The van der Waals surface area contributed by atoms with Gasteiger partial charge >= 0.3 is 0 Å². The monoisotopic (exact) mass is 284 g/mol. The summed E-state index contributed by atoms with van der Waals surface area (Å²) in [5.41, 5.74) is 1.26. The van der Waals surface area contributed by atoms with Gasteiger partial charge in [0.25, 0.3) is 0 Å². The Morgan fingerprint density at radius 1 is 1.11 bits per heavy atom. The van der Waals surface area contributed by atoms with Crippen LogP contribution in [0.4, 0.5) is 4.39 Å². The maximum Gasteiger partial charge on any atom is 0.131 e. The van der Waals surface area contributed by atoms with Crippen LogP contribution in [0.3, 0.4) is 0 Å². The van der Waals surface area contributed by atoms with Crippen LogP contribution in [0.2, 0.25) is 10.0 Å². The summed E-state index contributed by atoms with van der Waals surface area (Å²) in [6, 6.07) is 9.85. The Morgan fingerprint density at radius 2 is 1.89 bits per heavy atom. The topological polar surface area (TPSA) is 9.23 Å². The molecule has 0 saturated carbocycles. The molecule has 0 aliphatic rings. The van der Waals surface area contributed by atoms with Gasteiger partial charge in [0.1, 0.15) is 18.2 Å². The lowest BCUT2D eigenvalue weighted by Crippen LogP contribution is -1.99. The number of rotatable bonds is 3. The standard InChI is InChI=1S/C14H11Cl2FO/c1-9-7-10(5-6-12(9)15)18-8-11-13(16)3-2-4-14(11)17/h2-7H,8H2,1H3. The van der Waals surface area contributed by atoms with Gasteiger partial charge in [0.05, 0.1) is 5.02 Å². The maximum atomic E-state index is 13.5. The van der Waals surface area contributed by atoms with Gasteiger partial charge in [-0.05, 0) is 42.8 Å². The number of halogens is 3. The molecule has 94 valence electrons. The molecule has 0 spiro atoms. The van der Waals surface area contributed by atoms with E-state index in [0.717, 1.165) is 5.56 Å². The second-order valence-corrected chi connectivity index (χ2v) is 4.71. The van der Waals surface area contributed by atoms with Crippen molar-refractivity contribution in [1.82, 2.24) is 0 Å². The average molecular weight is 285 g/mol. The molecule has 2 aromatic carbocycles. The molecular formula is C14H11Cl2FO. The Balaban J connectivity index is 2.14. The Kier molecular flexibility index (Phi) is 4.10. The highest BCUT2D eigenvalue weighted by Crippen LogP contribution is 2.24. The van der Waals surface area contributed by atoms with Crippen molar-refractivity contribution in [2.24, 2.45) is 0 Å². The van der Waals surface area contributed by atoms with Gasteiger partial charge in [-0.25, -0.2) is 4.39 Å². The molecule has 1 nitrogen and oxygen atoms in total. The van der Waals surface area contributed by atoms with E-state index in [1.807, 2.05) is 6.92 Å². The lowest BCUT2D eigenvalue weighted by Gasteiger charge is -2.09. The summed E-state index contributed by atoms with van der Waals surface area (Å²) in [5, 5.41) is 1.03. The van der Waals surface area contributed by atoms with E-state index in [4.69, 9.17) is 27.9 Å². The highest BCUT2D eigenvalue weighted by atomic mass is 35.5. The van der Waals surface area contributed by atoms with E-state index in [9.17, 15) is 4.39 Å². The van der Waals surface area contributed by atoms with Crippen LogP contribution < -0.4 is 4.74 Å². The first-order valence-electron chi connectivity index (χ1n) is 5.40. The first-order valence-corrected chi connectivity index (χ1v) is 6.15. The summed E-state index contributed by atoms with van der Waals surface area (Å²) in [6.45, 7) is 1.97. The molecule has 0 radical (unpaired) electrons. The van der Waals surface area contributed by atoms with Crippen molar-refractivity contribution >= 4 is 23.2 Å². The fourth-order valence-corrected chi connectivity index (χ4v) is 1.87. The third kappa shape index (κ3) is 2.95. The minimum atomic E-state index is -0.367. The largest absolute Gasteiger partial charge is 0.489 e. The van der Waals surface area contributed by atoms with Crippen molar-refractivity contribution in [3.63, 3.8) is 0 Å². The zero-order valence-corrected chi connectivity index (χ0v) is 11.2. The number of hydrogen-bond donors (Lipinski definition) is 0. The van der Waals surface area contributed by atoms with Gasteiger partial charge in [-0.15, -0.1) is 0 Å². The van der Waals surface area contributed by atoms with Gasteiger partial charge < -0.3 is 4.74 Å². The summed E-state index contributed by atoms with van der Waals surface area (Å²) in [5.74, 6) is 0.268. The zero-order chi connectivity index (χ0) is 13.1. The first-order chi connectivity index (χ1) is 8.58. The van der Waals surface area contributed by atoms with E-state index in [1.54, 1.807) is 30.3 Å². The minimum absolute atomic E-state index is 0.0899. The van der Waals surface area contributed by atoms with Crippen LogP contribution >= 0.6 is 23.2 Å². The Morgan fingerprint density at radius 3 is 2.56 bits per heavy atom. The van der Waals surface area contributed by atoms with Crippen molar-refractivity contribution in [3.8, 4) is 5.75 Å². The molecule has 0 unspecified atom stereocenters. The second-order valence-electron chi connectivity index (χ2n) is 3.90. The molecule has 0 aliphatic carbocycles. The molecule has 2 aromatic rings. The van der Waals surface area contributed by atoms with Gasteiger partial charge in [-0.3, -0.25) is 0 Å². The summed E-state index contributed by atoms with van der Waals surface area (Å²) in [4.78, 5) is 0. The molecule has 0 N–H and O–H groups in total. The van der Waals surface area contributed by atoms with Crippen LogP contribution in [-0.4, -0.2) is 0 Å². The van der Waals surface area contributed by atoms with Crippen molar-refractivity contribution < 1.29 is 9.13 Å². The van der Waals surface area contributed by atoms with Gasteiger partial charge in [0.15, 0.2) is 0 Å². The molecule has 0 atom stereocenters. The van der Waals surface area contributed by atoms with Crippen LogP contribution in [0, 0.1) is 12.7 Å². The summed E-state index contributed by atoms with van der Waals surface area (Å²) in [6.07, 6.45) is 0. The van der Waals surface area contributed by atoms with Crippen molar-refractivity contribution in [2.75, 3.05) is 0 Å². The lowest BCUT2D eigenvalue weighted by atomic mass is 10.2. The molecule has 0 aromatic heterocycles. The molecule has 0 fully saturated rings. The van der Waals surface area contributed by atoms with Gasteiger partial charge in [0, 0.05) is 10.6 Å². The average Bonchev–Trinajstić information content (AvgIpc) is 2.33. The van der Waals surface area contributed by atoms with E-state index in [0.29, 0.717) is 21.4 Å². The highest BCUT2D eigenvalue weighted by molar-refractivity contribution is 6.31. The van der Waals surface area contributed by atoms with Crippen molar-refractivity contribution in [1.29, 1.82) is 0 Å². The fraction of sp³-hybridized carbons (Fsp3) is 0.143. The first kappa shape index (κ1) is 13.2. The quantitative estimate of drug-likeness (QED) is 0.769. The Hall–Kier alpha value is -1.25. The summed E-state index contributed by atoms with van der Waals surface area (Å²) >= 11 is 11.8. The van der Waals surface area contributed by atoms with E-state index in [1.165, 1.54) is 6.07 Å². The second kappa shape index (κ2) is 5.59. The Labute approximate surface area is 115 Å². The van der Waals surface area contributed by atoms with E-state index < -0.39 is 0 Å². The number of ether oxygens (including phenoxy) is 1. The minimum Gasteiger partial charge on any atom is -0.489 e. The summed E-state index contributed by atoms with van der Waals surface area (Å²) in [7, 11) is 0. The molecule has 0 aliphatic heterocycles. The van der Waals surface area contributed by atoms with Crippen LogP contribution in [0.1, 0.15) is 11.1 Å². The Bertz CT molecular complexity index is 549. The molecule has 0 bridgehead atoms. The van der Waals surface area contributed by atoms with Crippen LogP contribution in [0.25, 0.3) is 0 Å². The van der Waals surface area contributed by atoms with E-state index in [-0.39, 0.29) is 12.4 Å². The number of benzene rings is 2. The SMILES string of the molecule is Cc1cc(OCc2c(F)cccc2Cl)ccc1Cl. The number of aryl methyl sites for hydroxylation is 1. The molecular weight excluding hydrogens is 274 g/mol. The molecule has 0 saturated heterocycles. The maximum absolute atomic E-state index is 13.5. The van der Waals surface area contributed by atoms with Crippen molar-refractivity contribution in [2.45, 2.75) is 13.5 Å². The molecule has 2 rings (SSSR count). The summed E-state index contributed by atoms with van der Waals surface area (Å²) < 4.78 is 19.0. The lowest BCUT2D eigenvalue weighted by molar-refractivity contribution is 0.300. The molecule has 0 amide bonds. The fourth-order valence-electron chi connectivity index (χ4n) is 1.53. The van der Waals surface area contributed by atoms with Gasteiger partial charge in [-0.2, -0.15) is 0 Å². The van der Waals surface area contributed by atoms with Gasteiger partial charge in [-0.1, -0.05) is 29.3 Å². The van der Waals surface area contributed by atoms with Crippen LogP contribution in [0.5, 0.6) is 5.75 Å². The van der Waals surface area contributed by atoms with Crippen LogP contribution in [-0.2, 0) is 6.61 Å². The molecule has 18 heavy (non-hydrogen) atoms. The predicted molar refractivity (Wildman–Crippen MR) is 71.9 cm³/mol. The number of hydrogen-bond acceptors (Lipinski definition) is 1. The molecule has 0 heterocycles. The highest BCUT2D eigenvalue weighted by Gasteiger charge is 2.08. The van der Waals surface area contributed by atoms with Crippen LogP contribution in [0.15, 0.2) is 36.4 Å².